The quantitative estimate of drug-likeness (QED) is 0.145. The molecule has 1 atom stereocenters. The summed E-state index contributed by atoms with van der Waals surface area (Å²) in [5.74, 6) is 1.72. The summed E-state index contributed by atoms with van der Waals surface area (Å²) in [6, 6.07) is 29.6. The highest BCUT2D eigenvalue weighted by Gasteiger charge is 2.25. The van der Waals surface area contributed by atoms with Gasteiger partial charge in [0.25, 0.3) is 0 Å². The predicted molar refractivity (Wildman–Crippen MR) is 199 cm³/mol. The Labute approximate surface area is 299 Å². The number of carbonyl (C=O) groups excluding carboxylic acids is 1. The summed E-state index contributed by atoms with van der Waals surface area (Å²) >= 11 is 11.0. The molecule has 0 bridgehead atoms. The lowest BCUT2D eigenvalue weighted by Gasteiger charge is -2.21. The molecule has 8 rings (SSSR count). The summed E-state index contributed by atoms with van der Waals surface area (Å²) in [6.45, 7) is 1.99. The fraction of sp³-hybridized carbons (Fsp3) is 0.216. The van der Waals surface area contributed by atoms with Crippen molar-refractivity contribution in [2.24, 2.45) is 0 Å². The number of halogens is 2. The lowest BCUT2D eigenvalue weighted by atomic mass is 10.2. The zero-order valence-corrected chi connectivity index (χ0v) is 28.2. The minimum Gasteiger partial charge on any atom is -0.355 e. The average molecular weight is 706 g/mol. The number of nitrogens with one attached hydrogen (secondary N) is 1. The van der Waals surface area contributed by atoms with Crippen LogP contribution in [-0.2, 0) is 6.42 Å². The first-order chi connectivity index (χ1) is 23.8. The lowest BCUT2D eigenvalue weighted by molar-refractivity contribution is 0.112. The van der Waals surface area contributed by atoms with E-state index in [0.717, 1.165) is 64.3 Å². The Morgan fingerprint density at radius 1 is 0.940 bits per heavy atom. The Morgan fingerprint density at radius 2 is 1.70 bits per heavy atom. The first-order valence-electron chi connectivity index (χ1n) is 15.4. The first kappa shape index (κ1) is 35.7. The van der Waals surface area contributed by atoms with E-state index in [2.05, 4.69) is 68.1 Å². The number of nitrogens with zero attached hydrogens (tertiary/aromatic N) is 9. The summed E-state index contributed by atoms with van der Waals surface area (Å²) in [4.78, 5) is 35.4. The highest BCUT2D eigenvalue weighted by atomic mass is 35.5. The number of H-pyrrole nitrogens is 1. The number of aldehydes is 1. The van der Waals surface area contributed by atoms with E-state index in [1.807, 2.05) is 59.0 Å². The van der Waals surface area contributed by atoms with E-state index in [1.54, 1.807) is 0 Å². The van der Waals surface area contributed by atoms with Crippen LogP contribution in [0.3, 0.4) is 0 Å². The number of anilines is 1. The molecule has 11 nitrogen and oxygen atoms in total. The molecule has 0 radical (unpaired) electrons. The van der Waals surface area contributed by atoms with E-state index in [4.69, 9.17) is 33.4 Å². The molecule has 0 amide bonds. The second-order valence-electron chi connectivity index (χ2n) is 11.5. The number of nitriles is 2. The molecule has 1 N–H and O–H groups in total. The molecule has 1 aliphatic heterocycles. The van der Waals surface area contributed by atoms with Gasteiger partial charge in [0, 0.05) is 24.5 Å². The molecule has 0 aliphatic carbocycles. The molecular weight excluding hydrogens is 671 g/mol. The standard InChI is InChI=1S/C21H20N6.C9H7N3.C6H3Cl2NO.CH4/c1-25(2)16-9-10-26(13-16)19-8-7-14-11-15(12-22)21-23-17-5-3-4-6-18(17)27(21)20(14)24-19;10-6-5-9-11-7-3-1-2-4-8(7)12-9;7-5-2-1-4(3-10)6(8)9-5;/h3-8,11,16H,9-10,13H2,1-2H3;1-4H,5H2,(H,11,12);1-3H;1H4. The Bertz CT molecular complexity index is 2360. The van der Waals surface area contributed by atoms with E-state index in [-0.39, 0.29) is 17.7 Å². The molecule has 5 aromatic heterocycles. The van der Waals surface area contributed by atoms with Gasteiger partial charge < -0.3 is 14.8 Å². The number of likely N-dealkylation sites (N-methyl/N-ethyl adjacent to an activating group) is 1. The summed E-state index contributed by atoms with van der Waals surface area (Å²) in [6.07, 6.45) is 2.11. The van der Waals surface area contributed by atoms with Crippen molar-refractivity contribution < 1.29 is 4.79 Å². The van der Waals surface area contributed by atoms with Crippen LogP contribution in [0.2, 0.25) is 10.3 Å². The summed E-state index contributed by atoms with van der Waals surface area (Å²) in [5, 5.41) is 19.4. The molecule has 1 aliphatic rings. The zero-order chi connectivity index (χ0) is 34.5. The minimum absolute atomic E-state index is 0. The number of imidazole rings is 2. The zero-order valence-electron chi connectivity index (χ0n) is 26.7. The molecule has 1 fully saturated rings. The number of aromatic nitrogens is 6. The normalized spacial score (nSPS) is 13.7. The van der Waals surface area contributed by atoms with Gasteiger partial charge in [-0.05, 0) is 75.1 Å². The SMILES string of the molecule is C.CN(C)C1CCN(c2ccc3cc(C#N)c4nc5ccccc5n4c3n2)C1.N#CCc1nc2ccccc2[nH]1.O=Cc1ccc(Cl)nc1Cl. The van der Waals surface area contributed by atoms with Crippen molar-refractivity contribution >= 4 is 74.1 Å². The fourth-order valence-electron chi connectivity index (χ4n) is 5.69. The lowest BCUT2D eigenvalue weighted by Crippen LogP contribution is -2.31. The molecule has 0 saturated carbocycles. The number of pyridine rings is 3. The fourth-order valence-corrected chi connectivity index (χ4v) is 6.08. The van der Waals surface area contributed by atoms with Crippen LogP contribution in [0.15, 0.2) is 78.9 Å². The van der Waals surface area contributed by atoms with Gasteiger partial charge in [0.15, 0.2) is 11.9 Å². The Morgan fingerprint density at radius 3 is 2.38 bits per heavy atom. The highest BCUT2D eigenvalue weighted by Crippen LogP contribution is 2.28. The van der Waals surface area contributed by atoms with Crippen LogP contribution < -0.4 is 4.90 Å². The number of para-hydroxylation sites is 4. The van der Waals surface area contributed by atoms with Crippen molar-refractivity contribution in [3.63, 3.8) is 0 Å². The number of hydrogen-bond acceptors (Lipinski definition) is 9. The average Bonchev–Trinajstić information content (AvgIpc) is 3.86. The number of rotatable bonds is 4. The topological polar surface area (TPSA) is 143 Å². The van der Waals surface area contributed by atoms with Crippen LogP contribution in [0.25, 0.3) is 38.7 Å². The summed E-state index contributed by atoms with van der Waals surface area (Å²) in [5.41, 5.74) is 6.21. The third kappa shape index (κ3) is 7.51. The van der Waals surface area contributed by atoms with Crippen LogP contribution in [0.5, 0.6) is 0 Å². The second kappa shape index (κ2) is 15.7. The van der Waals surface area contributed by atoms with Crippen LogP contribution in [-0.4, -0.2) is 73.7 Å². The van der Waals surface area contributed by atoms with Crippen molar-refractivity contribution in [3.05, 3.63) is 106 Å². The van der Waals surface area contributed by atoms with Gasteiger partial charge in [-0.2, -0.15) is 10.5 Å². The third-order valence-electron chi connectivity index (χ3n) is 8.20. The van der Waals surface area contributed by atoms with Crippen molar-refractivity contribution in [1.82, 2.24) is 34.2 Å². The van der Waals surface area contributed by atoms with Gasteiger partial charge in [-0.1, -0.05) is 54.9 Å². The molecule has 13 heteroatoms. The number of hydrogen-bond donors (Lipinski definition) is 1. The van der Waals surface area contributed by atoms with E-state index < -0.39 is 0 Å². The largest absolute Gasteiger partial charge is 0.355 e. The first-order valence-corrected chi connectivity index (χ1v) is 16.2. The van der Waals surface area contributed by atoms with Crippen LogP contribution >= 0.6 is 23.2 Å². The third-order valence-corrected chi connectivity index (χ3v) is 8.71. The maximum absolute atomic E-state index is 10.2. The van der Waals surface area contributed by atoms with E-state index in [0.29, 0.717) is 35.5 Å². The molecule has 50 heavy (non-hydrogen) atoms. The molecule has 7 aromatic rings. The maximum Gasteiger partial charge on any atom is 0.157 e. The number of fused-ring (bicyclic) bond motifs is 6. The van der Waals surface area contributed by atoms with Gasteiger partial charge >= 0.3 is 0 Å². The van der Waals surface area contributed by atoms with Crippen molar-refractivity contribution in [2.75, 3.05) is 32.1 Å². The summed E-state index contributed by atoms with van der Waals surface area (Å²) < 4.78 is 2.02. The molecule has 2 aromatic carbocycles. The summed E-state index contributed by atoms with van der Waals surface area (Å²) in [7, 11) is 4.26. The Hall–Kier alpha value is -5.59. The minimum atomic E-state index is 0. The predicted octanol–water partition coefficient (Wildman–Crippen LogP) is 7.51. The molecule has 1 unspecified atom stereocenters. The monoisotopic (exact) mass is 704 g/mol. The van der Waals surface area contributed by atoms with Gasteiger partial charge in [-0.15, -0.1) is 0 Å². The van der Waals surface area contributed by atoms with E-state index >= 15 is 0 Å². The van der Waals surface area contributed by atoms with Crippen LogP contribution in [0, 0.1) is 22.7 Å². The Kier molecular flexibility index (Phi) is 11.2. The molecule has 1 saturated heterocycles. The van der Waals surface area contributed by atoms with Crippen molar-refractivity contribution in [3.8, 4) is 12.1 Å². The molecule has 252 valence electrons. The van der Waals surface area contributed by atoms with Crippen molar-refractivity contribution in [1.29, 1.82) is 10.5 Å². The highest BCUT2D eigenvalue weighted by molar-refractivity contribution is 6.33. The maximum atomic E-state index is 10.2. The van der Waals surface area contributed by atoms with Gasteiger partial charge in [0.05, 0.1) is 45.7 Å². The molecule has 6 heterocycles. The number of aromatic amines is 1. The van der Waals surface area contributed by atoms with Gasteiger partial charge in [-0.25, -0.2) is 19.9 Å². The van der Waals surface area contributed by atoms with Crippen molar-refractivity contribution in [2.45, 2.75) is 26.3 Å². The number of benzene rings is 2. The number of carbonyl (C=O) groups is 1. The van der Waals surface area contributed by atoms with Gasteiger partial charge in [0.1, 0.15) is 33.7 Å². The van der Waals surface area contributed by atoms with E-state index in [1.165, 1.54) is 12.1 Å². The van der Waals surface area contributed by atoms with Crippen LogP contribution in [0.4, 0.5) is 5.82 Å². The van der Waals surface area contributed by atoms with Crippen LogP contribution in [0.1, 0.15) is 35.6 Å². The molecular formula is C37H34Cl2N10O. The van der Waals surface area contributed by atoms with Gasteiger partial charge in [0.2, 0.25) is 0 Å². The smallest absolute Gasteiger partial charge is 0.157 e. The molecule has 0 spiro atoms. The van der Waals surface area contributed by atoms with E-state index in [9.17, 15) is 10.1 Å². The Balaban J connectivity index is 0.000000175. The van der Waals surface area contributed by atoms with Gasteiger partial charge in [-0.3, -0.25) is 9.20 Å². The second-order valence-corrected chi connectivity index (χ2v) is 12.3.